The molecule has 0 atom stereocenters. The molecule has 7 heteroatoms. The Morgan fingerprint density at radius 2 is 1.28 bits per heavy atom. The van der Waals surface area contributed by atoms with Crippen LogP contribution in [0.2, 0.25) is 0 Å². The van der Waals surface area contributed by atoms with Gasteiger partial charge >= 0.3 is 12.0 Å². The van der Waals surface area contributed by atoms with Crippen molar-refractivity contribution >= 4 is 0 Å². The molecule has 3 aromatic rings. The minimum atomic E-state index is 0.0336. The first-order valence-electron chi connectivity index (χ1n) is 7.86. The fraction of sp³-hybridized carbons (Fsp3) is 0.167. The first-order valence-corrected chi connectivity index (χ1v) is 7.86. The fourth-order valence-corrected chi connectivity index (χ4v) is 2.02. The lowest BCUT2D eigenvalue weighted by molar-refractivity contribution is 0.291. The lowest BCUT2D eigenvalue weighted by Crippen LogP contribution is -2.19. The molecule has 0 aliphatic carbocycles. The van der Waals surface area contributed by atoms with Crippen molar-refractivity contribution in [1.29, 1.82) is 0 Å². The van der Waals surface area contributed by atoms with E-state index in [2.05, 4.69) is 20.3 Å². The molecule has 3 rings (SSSR count). The Balaban J connectivity index is 1.82. The summed E-state index contributed by atoms with van der Waals surface area (Å²) in [5.41, 5.74) is 0. The smallest absolute Gasteiger partial charge is 0.328 e. The number of aliphatic hydroxyl groups is 1. The highest BCUT2D eigenvalue weighted by molar-refractivity contribution is 5.26. The van der Waals surface area contributed by atoms with Gasteiger partial charge in [-0.2, -0.15) is 9.97 Å². The molecular weight excluding hydrogens is 320 g/mol. The van der Waals surface area contributed by atoms with Gasteiger partial charge in [0, 0.05) is 6.54 Å². The number of hydrogen-bond donors (Lipinski definition) is 2. The predicted molar refractivity (Wildman–Crippen MR) is 91.7 cm³/mol. The molecule has 7 nitrogen and oxygen atoms in total. The first kappa shape index (κ1) is 16.8. The molecule has 0 amide bonds. The number of hydrogen-bond acceptors (Lipinski definition) is 7. The lowest BCUT2D eigenvalue weighted by atomic mass is 10.3. The average molecular weight is 338 g/mol. The molecule has 0 saturated carbocycles. The Morgan fingerprint density at radius 3 is 1.76 bits per heavy atom. The molecule has 0 fully saturated rings. The van der Waals surface area contributed by atoms with Gasteiger partial charge in [-0.1, -0.05) is 36.4 Å². The van der Waals surface area contributed by atoms with Gasteiger partial charge in [0.25, 0.3) is 0 Å². The summed E-state index contributed by atoms with van der Waals surface area (Å²) in [5, 5.41) is 11.9. The van der Waals surface area contributed by atoms with E-state index in [0.29, 0.717) is 30.4 Å². The summed E-state index contributed by atoms with van der Waals surface area (Å²) in [6, 6.07) is 18.8. The summed E-state index contributed by atoms with van der Waals surface area (Å²) in [7, 11) is 0. The zero-order chi connectivity index (χ0) is 17.3. The van der Waals surface area contributed by atoms with E-state index in [1.54, 1.807) is 0 Å². The van der Waals surface area contributed by atoms with E-state index in [0.717, 1.165) is 0 Å². The Morgan fingerprint density at radius 1 is 0.760 bits per heavy atom. The van der Waals surface area contributed by atoms with E-state index in [1.807, 2.05) is 60.7 Å². The van der Waals surface area contributed by atoms with Crippen LogP contribution in [0, 0.1) is 0 Å². The number of rotatable bonds is 8. The first-order chi connectivity index (χ1) is 12.3. The largest absolute Gasteiger partial charge is 0.424 e. The van der Waals surface area contributed by atoms with Gasteiger partial charge in [-0.15, -0.1) is 4.98 Å². The highest BCUT2D eigenvalue weighted by Crippen LogP contribution is 2.22. The molecule has 1 heterocycles. The fourth-order valence-electron chi connectivity index (χ4n) is 2.02. The van der Waals surface area contributed by atoms with Crippen LogP contribution in [0.3, 0.4) is 0 Å². The van der Waals surface area contributed by atoms with Crippen LogP contribution in [0.25, 0.3) is 0 Å². The quantitative estimate of drug-likeness (QED) is 0.610. The summed E-state index contributed by atoms with van der Waals surface area (Å²) in [4.78, 5) is 12.8. The Kier molecular flexibility index (Phi) is 5.86. The van der Waals surface area contributed by atoms with Gasteiger partial charge in [-0.05, 0) is 24.3 Å². The molecule has 0 aliphatic heterocycles. The van der Waals surface area contributed by atoms with Gasteiger partial charge in [-0.3, -0.25) is 0 Å². The molecule has 0 radical (unpaired) electrons. The Bertz CT molecular complexity index is 725. The maximum atomic E-state index is 8.88. The number of ether oxygens (including phenoxy) is 2. The van der Waals surface area contributed by atoms with Gasteiger partial charge in [0.15, 0.2) is 5.82 Å². The zero-order valence-corrected chi connectivity index (χ0v) is 13.5. The molecule has 0 aliphatic rings. The minimum Gasteiger partial charge on any atom is -0.424 e. The molecule has 0 saturated heterocycles. The maximum Gasteiger partial charge on any atom is 0.328 e. The second-order valence-electron chi connectivity index (χ2n) is 5.05. The Hall–Kier alpha value is -3.03. The van der Waals surface area contributed by atoms with Crippen molar-refractivity contribution in [3.05, 3.63) is 66.5 Å². The molecule has 2 N–H and O–H groups in total. The van der Waals surface area contributed by atoms with Crippen molar-refractivity contribution in [2.45, 2.75) is 6.54 Å². The van der Waals surface area contributed by atoms with E-state index in [1.165, 1.54) is 0 Å². The minimum absolute atomic E-state index is 0.0336. The monoisotopic (exact) mass is 338 g/mol. The molecule has 25 heavy (non-hydrogen) atoms. The van der Waals surface area contributed by atoms with Gasteiger partial charge in [0.2, 0.25) is 0 Å². The second kappa shape index (κ2) is 8.72. The van der Waals surface area contributed by atoms with Crippen molar-refractivity contribution in [1.82, 2.24) is 20.3 Å². The summed E-state index contributed by atoms with van der Waals surface area (Å²) < 4.78 is 11.4. The summed E-state index contributed by atoms with van der Waals surface area (Å²) >= 11 is 0. The topological polar surface area (TPSA) is 89.4 Å². The molecule has 0 bridgehead atoms. The second-order valence-corrected chi connectivity index (χ2v) is 5.05. The molecule has 1 aromatic heterocycles. The van der Waals surface area contributed by atoms with E-state index in [-0.39, 0.29) is 18.6 Å². The molecule has 0 unspecified atom stereocenters. The summed E-state index contributed by atoms with van der Waals surface area (Å²) in [5.74, 6) is 1.70. The number of aromatic nitrogens is 3. The van der Waals surface area contributed by atoms with Crippen molar-refractivity contribution in [3.8, 4) is 23.5 Å². The third kappa shape index (κ3) is 5.23. The molecule has 2 aromatic carbocycles. The molecular formula is C18H18N4O3. The van der Waals surface area contributed by atoms with Gasteiger partial charge in [0.1, 0.15) is 11.5 Å². The SMILES string of the molecule is OCCNCc1nc(Oc2ccccc2)nc(Oc2ccccc2)n1. The van der Waals surface area contributed by atoms with E-state index in [9.17, 15) is 0 Å². The number of benzene rings is 2. The third-order valence-corrected chi connectivity index (χ3v) is 3.12. The van der Waals surface area contributed by atoms with Crippen molar-refractivity contribution < 1.29 is 14.6 Å². The zero-order valence-electron chi connectivity index (χ0n) is 13.5. The van der Waals surface area contributed by atoms with E-state index in [4.69, 9.17) is 14.6 Å². The molecule has 0 spiro atoms. The van der Waals surface area contributed by atoms with Crippen LogP contribution in [0.1, 0.15) is 5.82 Å². The number of para-hydroxylation sites is 2. The highest BCUT2D eigenvalue weighted by Gasteiger charge is 2.10. The highest BCUT2D eigenvalue weighted by atomic mass is 16.5. The maximum absolute atomic E-state index is 8.88. The van der Waals surface area contributed by atoms with Crippen LogP contribution < -0.4 is 14.8 Å². The average Bonchev–Trinajstić information content (AvgIpc) is 2.63. The van der Waals surface area contributed by atoms with Crippen LogP contribution in [-0.4, -0.2) is 33.2 Å². The van der Waals surface area contributed by atoms with Gasteiger partial charge in [-0.25, -0.2) is 0 Å². The van der Waals surface area contributed by atoms with Crippen LogP contribution in [0.4, 0.5) is 0 Å². The Labute approximate surface area is 145 Å². The van der Waals surface area contributed by atoms with E-state index < -0.39 is 0 Å². The van der Waals surface area contributed by atoms with Gasteiger partial charge in [0.05, 0.1) is 13.2 Å². The van der Waals surface area contributed by atoms with Crippen LogP contribution in [-0.2, 0) is 6.54 Å². The van der Waals surface area contributed by atoms with Crippen LogP contribution in [0.5, 0.6) is 23.5 Å². The molecule has 128 valence electrons. The van der Waals surface area contributed by atoms with Crippen molar-refractivity contribution in [2.75, 3.05) is 13.2 Å². The standard InChI is InChI=1S/C18H18N4O3/c23-12-11-19-13-16-20-17(24-14-7-3-1-4-8-14)22-18(21-16)25-15-9-5-2-6-10-15/h1-10,19,23H,11-13H2. The summed E-state index contributed by atoms with van der Waals surface area (Å²) in [6.45, 7) is 0.834. The summed E-state index contributed by atoms with van der Waals surface area (Å²) in [6.07, 6.45) is 0. The number of aliphatic hydroxyl groups excluding tert-OH is 1. The third-order valence-electron chi connectivity index (χ3n) is 3.12. The van der Waals surface area contributed by atoms with Gasteiger partial charge < -0.3 is 19.9 Å². The van der Waals surface area contributed by atoms with E-state index >= 15 is 0 Å². The predicted octanol–water partition coefficient (Wildman–Crippen LogP) is 2.54. The number of nitrogens with one attached hydrogen (secondary N) is 1. The normalized spacial score (nSPS) is 10.4. The van der Waals surface area contributed by atoms with Crippen molar-refractivity contribution in [2.24, 2.45) is 0 Å². The van der Waals surface area contributed by atoms with Crippen LogP contribution in [0.15, 0.2) is 60.7 Å². The number of nitrogens with zero attached hydrogens (tertiary/aromatic N) is 3. The van der Waals surface area contributed by atoms with Crippen molar-refractivity contribution in [3.63, 3.8) is 0 Å². The lowest BCUT2D eigenvalue weighted by Gasteiger charge is -2.09. The van der Waals surface area contributed by atoms with Crippen LogP contribution >= 0.6 is 0 Å².